The fraction of sp³-hybridized carbons (Fsp3) is 0.733. The number of aryl methyl sites for hydroxylation is 2. The minimum absolute atomic E-state index is 0.388. The van der Waals surface area contributed by atoms with Gasteiger partial charge in [0.25, 0.3) is 0 Å². The molecule has 2 atom stereocenters. The second-order valence-corrected chi connectivity index (χ2v) is 5.77. The Bertz CT molecular complexity index is 407. The van der Waals surface area contributed by atoms with E-state index in [1.807, 2.05) is 17.8 Å². The number of Topliss-reactive ketones (excluding diaryl/α,β-unsaturated/α-hetero) is 1. The van der Waals surface area contributed by atoms with E-state index in [2.05, 4.69) is 17.3 Å². The van der Waals surface area contributed by atoms with Crippen molar-refractivity contribution in [1.82, 2.24) is 15.1 Å². The summed E-state index contributed by atoms with van der Waals surface area (Å²) in [5.74, 6) is 1.57. The van der Waals surface area contributed by atoms with E-state index in [9.17, 15) is 4.79 Å². The number of nitrogens with one attached hydrogen (secondary N) is 1. The van der Waals surface area contributed by atoms with Gasteiger partial charge in [-0.1, -0.05) is 6.92 Å². The number of carbonyl (C=O) groups is 1. The van der Waals surface area contributed by atoms with Crippen LogP contribution in [0.25, 0.3) is 0 Å². The van der Waals surface area contributed by atoms with Crippen LogP contribution in [0, 0.1) is 11.8 Å². The molecule has 2 rings (SSSR count). The average molecular weight is 263 g/mol. The fourth-order valence-corrected chi connectivity index (χ4v) is 2.91. The Balaban J connectivity index is 1.73. The molecule has 0 bridgehead atoms. The number of aromatic nitrogens is 2. The number of hydrogen-bond donors (Lipinski definition) is 1. The fourth-order valence-electron chi connectivity index (χ4n) is 2.91. The van der Waals surface area contributed by atoms with Gasteiger partial charge in [-0.05, 0) is 50.3 Å². The lowest BCUT2D eigenvalue weighted by molar-refractivity contribution is -0.120. The quantitative estimate of drug-likeness (QED) is 0.853. The van der Waals surface area contributed by atoms with E-state index in [0.717, 1.165) is 31.6 Å². The van der Waals surface area contributed by atoms with Crippen LogP contribution in [0.3, 0.4) is 0 Å². The maximum Gasteiger partial charge on any atom is 0.133 e. The first kappa shape index (κ1) is 14.3. The molecule has 4 heteroatoms. The number of rotatable bonds is 6. The summed E-state index contributed by atoms with van der Waals surface area (Å²) in [5.41, 5.74) is 1.14. The molecule has 2 heterocycles. The molecule has 0 radical (unpaired) electrons. The number of carbonyl (C=O) groups excluding carboxylic acids is 1. The summed E-state index contributed by atoms with van der Waals surface area (Å²) in [7, 11) is 1.93. The molecule has 1 saturated heterocycles. The van der Waals surface area contributed by atoms with Crippen LogP contribution in [-0.2, 0) is 18.3 Å². The van der Waals surface area contributed by atoms with E-state index in [4.69, 9.17) is 0 Å². The number of hydrogen-bond acceptors (Lipinski definition) is 3. The van der Waals surface area contributed by atoms with Gasteiger partial charge in [0.1, 0.15) is 5.78 Å². The highest BCUT2D eigenvalue weighted by atomic mass is 16.1. The summed E-state index contributed by atoms with van der Waals surface area (Å²) in [4.78, 5) is 12.1. The largest absolute Gasteiger partial charge is 0.316 e. The van der Waals surface area contributed by atoms with Crippen molar-refractivity contribution in [2.75, 3.05) is 13.1 Å². The molecular weight excluding hydrogens is 238 g/mol. The van der Waals surface area contributed by atoms with Crippen molar-refractivity contribution in [2.24, 2.45) is 18.9 Å². The first-order valence-corrected chi connectivity index (χ1v) is 7.36. The molecule has 1 fully saturated rings. The third-order valence-corrected chi connectivity index (χ3v) is 4.27. The van der Waals surface area contributed by atoms with Crippen molar-refractivity contribution in [3.05, 3.63) is 18.0 Å². The minimum atomic E-state index is 0.388. The number of piperidine rings is 1. The molecule has 1 aromatic rings. The first-order valence-electron chi connectivity index (χ1n) is 7.36. The van der Waals surface area contributed by atoms with Crippen LogP contribution in [0.2, 0.25) is 0 Å². The molecule has 1 aliphatic heterocycles. The van der Waals surface area contributed by atoms with Gasteiger partial charge < -0.3 is 5.32 Å². The van der Waals surface area contributed by atoms with Crippen LogP contribution in [0.15, 0.2) is 12.3 Å². The molecule has 1 aliphatic rings. The molecule has 0 aliphatic carbocycles. The normalized spacial score (nSPS) is 21.3. The molecular formula is C15H25N3O. The van der Waals surface area contributed by atoms with Gasteiger partial charge >= 0.3 is 0 Å². The topological polar surface area (TPSA) is 46.9 Å². The van der Waals surface area contributed by atoms with E-state index in [0.29, 0.717) is 24.0 Å². The summed E-state index contributed by atoms with van der Waals surface area (Å²) in [6.07, 6.45) is 6.48. The van der Waals surface area contributed by atoms with Crippen molar-refractivity contribution in [3.63, 3.8) is 0 Å². The van der Waals surface area contributed by atoms with Crippen LogP contribution >= 0.6 is 0 Å². The smallest absolute Gasteiger partial charge is 0.133 e. The molecule has 19 heavy (non-hydrogen) atoms. The van der Waals surface area contributed by atoms with E-state index >= 15 is 0 Å². The summed E-state index contributed by atoms with van der Waals surface area (Å²) in [6.45, 7) is 4.44. The highest BCUT2D eigenvalue weighted by Gasteiger charge is 2.21. The van der Waals surface area contributed by atoms with Crippen molar-refractivity contribution >= 4 is 5.78 Å². The second-order valence-electron chi connectivity index (χ2n) is 5.77. The third kappa shape index (κ3) is 4.16. The van der Waals surface area contributed by atoms with Gasteiger partial charge in [-0.15, -0.1) is 0 Å². The highest BCUT2D eigenvalue weighted by molar-refractivity contribution is 5.78. The third-order valence-electron chi connectivity index (χ3n) is 4.27. The van der Waals surface area contributed by atoms with Gasteiger partial charge in [0.15, 0.2) is 0 Å². The van der Waals surface area contributed by atoms with E-state index in [1.54, 1.807) is 6.20 Å². The zero-order valence-electron chi connectivity index (χ0n) is 12.1. The zero-order chi connectivity index (χ0) is 13.7. The highest BCUT2D eigenvalue weighted by Crippen LogP contribution is 2.23. The Morgan fingerprint density at radius 1 is 1.63 bits per heavy atom. The summed E-state index contributed by atoms with van der Waals surface area (Å²) in [6, 6.07) is 1.99. The van der Waals surface area contributed by atoms with E-state index < -0.39 is 0 Å². The van der Waals surface area contributed by atoms with Gasteiger partial charge in [-0.3, -0.25) is 9.48 Å². The molecule has 0 aromatic carbocycles. The monoisotopic (exact) mass is 263 g/mol. The van der Waals surface area contributed by atoms with Crippen molar-refractivity contribution in [3.8, 4) is 0 Å². The number of ketones is 1. The molecule has 4 nitrogen and oxygen atoms in total. The van der Waals surface area contributed by atoms with Gasteiger partial charge in [-0.2, -0.15) is 5.10 Å². The predicted octanol–water partition coefficient (Wildman–Crippen LogP) is 1.95. The number of nitrogens with zero attached hydrogens (tertiary/aromatic N) is 2. The summed E-state index contributed by atoms with van der Waals surface area (Å²) >= 11 is 0. The van der Waals surface area contributed by atoms with Gasteiger partial charge in [-0.25, -0.2) is 0 Å². The summed E-state index contributed by atoms with van der Waals surface area (Å²) in [5, 5.41) is 7.55. The standard InChI is InChI=1S/C15H25N3O/c1-12(13-4-3-8-16-11-13)10-15(19)6-5-14-7-9-17-18(14)2/h7,9,12-13,16H,3-6,8,10-11H2,1-2H3. The maximum atomic E-state index is 12.1. The van der Waals surface area contributed by atoms with Gasteiger partial charge in [0.05, 0.1) is 0 Å². The van der Waals surface area contributed by atoms with Crippen molar-refractivity contribution < 1.29 is 4.79 Å². The Morgan fingerprint density at radius 3 is 3.11 bits per heavy atom. The zero-order valence-corrected chi connectivity index (χ0v) is 12.1. The molecule has 1 N–H and O–H groups in total. The van der Waals surface area contributed by atoms with Gasteiger partial charge in [0.2, 0.25) is 0 Å². The Morgan fingerprint density at radius 2 is 2.47 bits per heavy atom. The Hall–Kier alpha value is -1.16. The van der Waals surface area contributed by atoms with E-state index in [1.165, 1.54) is 12.8 Å². The van der Waals surface area contributed by atoms with Crippen LogP contribution < -0.4 is 5.32 Å². The minimum Gasteiger partial charge on any atom is -0.316 e. The molecule has 0 saturated carbocycles. The van der Waals surface area contributed by atoms with Crippen LogP contribution in [0.4, 0.5) is 0 Å². The van der Waals surface area contributed by atoms with Crippen LogP contribution in [0.5, 0.6) is 0 Å². The lowest BCUT2D eigenvalue weighted by Crippen LogP contribution is -2.34. The Kier molecular flexibility index (Phi) is 5.14. The van der Waals surface area contributed by atoms with Crippen molar-refractivity contribution in [1.29, 1.82) is 0 Å². The lowest BCUT2D eigenvalue weighted by atomic mass is 9.84. The first-order chi connectivity index (χ1) is 9.16. The predicted molar refractivity (Wildman–Crippen MR) is 75.9 cm³/mol. The van der Waals surface area contributed by atoms with Crippen LogP contribution in [-0.4, -0.2) is 28.7 Å². The average Bonchev–Trinajstić information content (AvgIpc) is 2.83. The molecule has 0 spiro atoms. The molecule has 2 unspecified atom stereocenters. The van der Waals surface area contributed by atoms with Gasteiger partial charge in [0, 0.05) is 31.8 Å². The Labute approximate surface area is 115 Å². The summed E-state index contributed by atoms with van der Waals surface area (Å²) < 4.78 is 1.85. The SMILES string of the molecule is CC(CC(=O)CCc1ccnn1C)C1CCCNC1. The molecule has 0 amide bonds. The lowest BCUT2D eigenvalue weighted by Gasteiger charge is -2.28. The molecule has 106 valence electrons. The van der Waals surface area contributed by atoms with Crippen LogP contribution in [0.1, 0.15) is 38.3 Å². The second kappa shape index (κ2) is 6.85. The van der Waals surface area contributed by atoms with E-state index in [-0.39, 0.29) is 0 Å². The maximum absolute atomic E-state index is 12.1. The molecule has 1 aromatic heterocycles. The van der Waals surface area contributed by atoms with Crippen molar-refractivity contribution in [2.45, 2.75) is 39.0 Å².